The fraction of sp³-hybridized carbons (Fsp3) is 0.353. The highest BCUT2D eigenvalue weighted by molar-refractivity contribution is 5.83. The van der Waals surface area contributed by atoms with Gasteiger partial charge in [0.15, 0.2) is 0 Å². The Hall–Kier alpha value is -2.07. The molecule has 3 aromatic rings. The van der Waals surface area contributed by atoms with Gasteiger partial charge < -0.3 is 14.5 Å². The van der Waals surface area contributed by atoms with Crippen LogP contribution in [0.15, 0.2) is 42.9 Å². The molecule has 0 aliphatic heterocycles. The molecule has 0 radical (unpaired) electrons. The second-order valence-electron chi connectivity index (χ2n) is 5.31. The van der Waals surface area contributed by atoms with E-state index >= 15 is 0 Å². The van der Waals surface area contributed by atoms with Gasteiger partial charge in [0, 0.05) is 49.1 Å². The molecule has 0 amide bonds. The summed E-state index contributed by atoms with van der Waals surface area (Å²) in [5.74, 6) is 1.07. The van der Waals surface area contributed by atoms with E-state index in [0.29, 0.717) is 0 Å². The Morgan fingerprint density at radius 2 is 1.95 bits per heavy atom. The van der Waals surface area contributed by atoms with Crippen LogP contribution >= 0.6 is 0 Å². The fourth-order valence-electron chi connectivity index (χ4n) is 2.76. The number of hydrogen-bond donors (Lipinski definition) is 1. The van der Waals surface area contributed by atoms with Gasteiger partial charge in [-0.2, -0.15) is 0 Å². The third-order valence-electron chi connectivity index (χ3n) is 3.94. The molecule has 0 bridgehead atoms. The molecule has 0 saturated carbocycles. The number of para-hydroxylation sites is 1. The molecule has 0 aliphatic rings. The molecule has 0 aliphatic carbocycles. The minimum absolute atomic E-state index is 0.925. The van der Waals surface area contributed by atoms with Gasteiger partial charge in [-0.25, -0.2) is 4.98 Å². The summed E-state index contributed by atoms with van der Waals surface area (Å²) in [5.41, 5.74) is 2.68. The number of nitrogens with zero attached hydrogens (tertiary/aromatic N) is 3. The molecule has 4 nitrogen and oxygen atoms in total. The van der Waals surface area contributed by atoms with Crippen LogP contribution in [0.5, 0.6) is 0 Å². The highest BCUT2D eigenvalue weighted by atomic mass is 15.1. The van der Waals surface area contributed by atoms with E-state index in [2.05, 4.69) is 56.8 Å². The first-order valence-electron chi connectivity index (χ1n) is 7.54. The average Bonchev–Trinajstić information content (AvgIpc) is 3.07. The summed E-state index contributed by atoms with van der Waals surface area (Å²) < 4.78 is 4.54. The first-order valence-corrected chi connectivity index (χ1v) is 7.54. The molecule has 2 heterocycles. The Morgan fingerprint density at radius 1 is 1.14 bits per heavy atom. The van der Waals surface area contributed by atoms with E-state index in [0.717, 1.165) is 32.0 Å². The Bertz CT molecular complexity index is 723. The number of rotatable bonds is 6. The first kappa shape index (κ1) is 13.9. The zero-order valence-corrected chi connectivity index (χ0v) is 12.7. The van der Waals surface area contributed by atoms with Crippen LogP contribution in [0.1, 0.15) is 18.3 Å². The predicted octanol–water partition coefficient (Wildman–Crippen LogP) is 2.96. The van der Waals surface area contributed by atoms with Crippen LogP contribution in [0.4, 0.5) is 0 Å². The number of fused-ring (bicyclic) bond motifs is 1. The van der Waals surface area contributed by atoms with Crippen molar-refractivity contribution in [3.8, 4) is 0 Å². The maximum Gasteiger partial charge on any atom is 0.105 e. The second-order valence-corrected chi connectivity index (χ2v) is 5.31. The third kappa shape index (κ3) is 2.85. The molecule has 0 spiro atoms. The summed E-state index contributed by atoms with van der Waals surface area (Å²) in [4.78, 5) is 4.28. The summed E-state index contributed by atoms with van der Waals surface area (Å²) in [7, 11) is 0. The number of aromatic nitrogens is 3. The zero-order valence-electron chi connectivity index (χ0n) is 12.7. The number of nitrogens with one attached hydrogen (secondary N) is 1. The molecule has 2 aromatic heterocycles. The van der Waals surface area contributed by atoms with Gasteiger partial charge >= 0.3 is 0 Å². The quantitative estimate of drug-likeness (QED) is 0.754. The van der Waals surface area contributed by atoms with Gasteiger partial charge in [-0.3, -0.25) is 0 Å². The monoisotopic (exact) mass is 282 g/mol. The van der Waals surface area contributed by atoms with Crippen molar-refractivity contribution in [3.63, 3.8) is 0 Å². The Morgan fingerprint density at radius 3 is 2.71 bits per heavy atom. The minimum atomic E-state index is 0.925. The van der Waals surface area contributed by atoms with E-state index in [-0.39, 0.29) is 0 Å². The minimum Gasteiger partial charge on any atom is -0.345 e. The maximum atomic E-state index is 4.28. The largest absolute Gasteiger partial charge is 0.345 e. The molecule has 0 saturated heterocycles. The lowest BCUT2D eigenvalue weighted by Gasteiger charge is -2.07. The van der Waals surface area contributed by atoms with Gasteiger partial charge in [0.2, 0.25) is 0 Å². The Kier molecular flexibility index (Phi) is 4.06. The number of imidazole rings is 1. The van der Waals surface area contributed by atoms with Crippen LogP contribution in [0.3, 0.4) is 0 Å². The molecule has 3 rings (SSSR count). The van der Waals surface area contributed by atoms with Crippen LogP contribution in [0.2, 0.25) is 0 Å². The fourth-order valence-corrected chi connectivity index (χ4v) is 2.76. The number of hydrogen-bond acceptors (Lipinski definition) is 2. The first-order chi connectivity index (χ1) is 10.3. The van der Waals surface area contributed by atoms with Crippen LogP contribution in [-0.4, -0.2) is 20.7 Å². The zero-order chi connectivity index (χ0) is 14.7. The SMILES string of the molecule is CCNCc1cn(CCn2ccnc2C)c2ccccc12. The van der Waals surface area contributed by atoms with Crippen molar-refractivity contribution in [2.24, 2.45) is 0 Å². The van der Waals surface area contributed by atoms with Crippen LogP contribution in [-0.2, 0) is 19.6 Å². The molecule has 1 N–H and O–H groups in total. The lowest BCUT2D eigenvalue weighted by molar-refractivity contribution is 0.578. The van der Waals surface area contributed by atoms with Crippen LogP contribution in [0, 0.1) is 6.92 Å². The van der Waals surface area contributed by atoms with Gasteiger partial charge in [-0.15, -0.1) is 0 Å². The van der Waals surface area contributed by atoms with Gasteiger partial charge in [-0.05, 0) is 25.1 Å². The summed E-state index contributed by atoms with van der Waals surface area (Å²) in [5, 5.41) is 4.77. The van der Waals surface area contributed by atoms with Crippen molar-refractivity contribution in [2.45, 2.75) is 33.5 Å². The summed E-state index contributed by atoms with van der Waals surface area (Å²) in [6, 6.07) is 8.63. The van der Waals surface area contributed by atoms with Gasteiger partial charge in [-0.1, -0.05) is 25.1 Å². The van der Waals surface area contributed by atoms with E-state index in [9.17, 15) is 0 Å². The van der Waals surface area contributed by atoms with Crippen molar-refractivity contribution in [2.75, 3.05) is 6.54 Å². The summed E-state index contributed by atoms with van der Waals surface area (Å²) in [6.45, 7) is 8.02. The van der Waals surface area contributed by atoms with Crippen LogP contribution < -0.4 is 5.32 Å². The molecular formula is C17H22N4. The normalized spacial score (nSPS) is 11.3. The lowest BCUT2D eigenvalue weighted by Crippen LogP contribution is -2.11. The predicted molar refractivity (Wildman–Crippen MR) is 86.3 cm³/mol. The molecular weight excluding hydrogens is 260 g/mol. The highest BCUT2D eigenvalue weighted by Crippen LogP contribution is 2.21. The van der Waals surface area contributed by atoms with Gasteiger partial charge in [0.05, 0.1) is 0 Å². The van der Waals surface area contributed by atoms with E-state index in [4.69, 9.17) is 0 Å². The summed E-state index contributed by atoms with van der Waals surface area (Å²) in [6.07, 6.45) is 6.18. The number of aryl methyl sites for hydroxylation is 3. The lowest BCUT2D eigenvalue weighted by atomic mass is 10.2. The molecule has 110 valence electrons. The maximum absolute atomic E-state index is 4.28. The molecule has 21 heavy (non-hydrogen) atoms. The standard InChI is InChI=1S/C17H22N4/c1-3-18-12-15-13-21(17-7-5-4-6-16(15)17)11-10-20-9-8-19-14(20)2/h4-9,13,18H,3,10-12H2,1-2H3. The molecule has 0 unspecified atom stereocenters. The van der Waals surface area contributed by atoms with Crippen molar-refractivity contribution >= 4 is 10.9 Å². The third-order valence-corrected chi connectivity index (χ3v) is 3.94. The smallest absolute Gasteiger partial charge is 0.105 e. The number of benzene rings is 1. The average molecular weight is 282 g/mol. The van der Waals surface area contributed by atoms with Gasteiger partial charge in [0.25, 0.3) is 0 Å². The van der Waals surface area contributed by atoms with E-state index < -0.39 is 0 Å². The molecule has 1 aromatic carbocycles. The van der Waals surface area contributed by atoms with E-state index in [1.807, 2.05) is 19.3 Å². The van der Waals surface area contributed by atoms with Crippen molar-refractivity contribution in [1.29, 1.82) is 0 Å². The Balaban J connectivity index is 1.86. The second kappa shape index (κ2) is 6.14. The van der Waals surface area contributed by atoms with Crippen molar-refractivity contribution in [1.82, 2.24) is 19.4 Å². The van der Waals surface area contributed by atoms with E-state index in [1.165, 1.54) is 16.5 Å². The Labute approximate surface area is 125 Å². The van der Waals surface area contributed by atoms with Crippen LogP contribution in [0.25, 0.3) is 10.9 Å². The van der Waals surface area contributed by atoms with Crippen molar-refractivity contribution < 1.29 is 0 Å². The summed E-state index contributed by atoms with van der Waals surface area (Å²) >= 11 is 0. The molecule has 0 fully saturated rings. The topological polar surface area (TPSA) is 34.8 Å². The van der Waals surface area contributed by atoms with Gasteiger partial charge in [0.1, 0.15) is 5.82 Å². The van der Waals surface area contributed by atoms with Crippen molar-refractivity contribution in [3.05, 3.63) is 54.2 Å². The van der Waals surface area contributed by atoms with E-state index in [1.54, 1.807) is 0 Å². The molecule has 4 heteroatoms. The highest BCUT2D eigenvalue weighted by Gasteiger charge is 2.07. The molecule has 0 atom stereocenters.